The van der Waals surface area contributed by atoms with Crippen LogP contribution in [0.1, 0.15) is 31.2 Å². The summed E-state index contributed by atoms with van der Waals surface area (Å²) in [5.41, 5.74) is 6.09. The van der Waals surface area contributed by atoms with Gasteiger partial charge in [0.2, 0.25) is 10.0 Å². The van der Waals surface area contributed by atoms with Crippen molar-refractivity contribution >= 4 is 27.2 Å². The van der Waals surface area contributed by atoms with Gasteiger partial charge in [0.25, 0.3) is 0 Å². The standard InChI is InChI=1S/C14H20N2O3S2/c15-14(20)11-5-4-7-13(9-11)21(18,19)16-8-3-1-2-6-12(16)10-17/h4-5,7,9,12,17H,1-3,6,8,10H2,(H2,15,20). The van der Waals surface area contributed by atoms with Gasteiger partial charge in [-0.1, -0.05) is 37.2 Å². The summed E-state index contributed by atoms with van der Waals surface area (Å²) in [4.78, 5) is 0.342. The fourth-order valence-corrected chi connectivity index (χ4v) is 4.45. The highest BCUT2D eigenvalue weighted by atomic mass is 32.2. The van der Waals surface area contributed by atoms with Crippen molar-refractivity contribution < 1.29 is 13.5 Å². The van der Waals surface area contributed by atoms with E-state index >= 15 is 0 Å². The maximum Gasteiger partial charge on any atom is 0.243 e. The third-order valence-corrected chi connectivity index (χ3v) is 5.94. The molecule has 1 heterocycles. The summed E-state index contributed by atoms with van der Waals surface area (Å²) in [6.45, 7) is 0.277. The number of benzene rings is 1. The summed E-state index contributed by atoms with van der Waals surface area (Å²) >= 11 is 4.90. The summed E-state index contributed by atoms with van der Waals surface area (Å²) < 4.78 is 27.0. The fourth-order valence-electron chi connectivity index (χ4n) is 2.59. The monoisotopic (exact) mass is 328 g/mol. The minimum atomic E-state index is -3.64. The molecule has 1 atom stereocenters. The Balaban J connectivity index is 2.39. The molecule has 7 heteroatoms. The van der Waals surface area contributed by atoms with Gasteiger partial charge in [-0.05, 0) is 25.0 Å². The van der Waals surface area contributed by atoms with Crippen LogP contribution in [0.3, 0.4) is 0 Å². The molecule has 0 bridgehead atoms. The Hall–Kier alpha value is -1.02. The van der Waals surface area contributed by atoms with Gasteiger partial charge in [0, 0.05) is 18.2 Å². The van der Waals surface area contributed by atoms with E-state index < -0.39 is 10.0 Å². The van der Waals surface area contributed by atoms with Gasteiger partial charge in [0.1, 0.15) is 4.99 Å². The highest BCUT2D eigenvalue weighted by Gasteiger charge is 2.32. The fraction of sp³-hybridized carbons (Fsp3) is 0.500. The van der Waals surface area contributed by atoms with Gasteiger partial charge < -0.3 is 10.8 Å². The third kappa shape index (κ3) is 3.60. The van der Waals surface area contributed by atoms with Crippen LogP contribution in [0.15, 0.2) is 29.2 Å². The van der Waals surface area contributed by atoms with Crippen molar-refractivity contribution in [3.63, 3.8) is 0 Å². The summed E-state index contributed by atoms with van der Waals surface area (Å²) in [5.74, 6) is 0. The lowest BCUT2D eigenvalue weighted by atomic mass is 10.1. The summed E-state index contributed by atoms with van der Waals surface area (Å²) in [5, 5.41) is 9.49. The van der Waals surface area contributed by atoms with Crippen LogP contribution >= 0.6 is 12.2 Å². The number of hydrogen-bond donors (Lipinski definition) is 2. The zero-order chi connectivity index (χ0) is 15.5. The predicted octanol–water partition coefficient (Wildman–Crippen LogP) is 1.25. The number of nitrogens with zero attached hydrogens (tertiary/aromatic N) is 1. The number of rotatable bonds is 4. The van der Waals surface area contributed by atoms with Crippen molar-refractivity contribution in [2.45, 2.75) is 36.6 Å². The first kappa shape index (κ1) is 16.4. The van der Waals surface area contributed by atoms with Gasteiger partial charge in [-0.2, -0.15) is 4.31 Å². The Bertz CT molecular complexity index is 616. The lowest BCUT2D eigenvalue weighted by Crippen LogP contribution is -2.42. The molecule has 0 amide bonds. The van der Waals surface area contributed by atoms with E-state index in [1.807, 2.05) is 0 Å². The molecule has 0 aliphatic carbocycles. The van der Waals surface area contributed by atoms with Crippen molar-refractivity contribution in [1.82, 2.24) is 4.31 Å². The van der Waals surface area contributed by atoms with E-state index in [1.165, 1.54) is 16.4 Å². The van der Waals surface area contributed by atoms with Crippen LogP contribution in [0.25, 0.3) is 0 Å². The minimum Gasteiger partial charge on any atom is -0.395 e. The molecule has 0 aromatic heterocycles. The molecule has 1 aromatic rings. The van der Waals surface area contributed by atoms with Gasteiger partial charge in [0.15, 0.2) is 0 Å². The van der Waals surface area contributed by atoms with Gasteiger partial charge in [-0.3, -0.25) is 0 Å². The van der Waals surface area contributed by atoms with E-state index in [4.69, 9.17) is 18.0 Å². The van der Waals surface area contributed by atoms with Crippen LogP contribution in [0.4, 0.5) is 0 Å². The van der Waals surface area contributed by atoms with Crippen LogP contribution < -0.4 is 5.73 Å². The summed E-state index contributed by atoms with van der Waals surface area (Å²) in [7, 11) is -3.64. The predicted molar refractivity (Wildman–Crippen MR) is 85.6 cm³/mol. The Morgan fingerprint density at radius 1 is 1.38 bits per heavy atom. The van der Waals surface area contributed by atoms with Crippen LogP contribution in [0, 0.1) is 0 Å². The van der Waals surface area contributed by atoms with E-state index in [1.54, 1.807) is 12.1 Å². The maximum atomic E-state index is 12.8. The zero-order valence-corrected chi connectivity index (χ0v) is 13.4. The van der Waals surface area contributed by atoms with E-state index in [-0.39, 0.29) is 22.5 Å². The van der Waals surface area contributed by atoms with Crippen molar-refractivity contribution in [2.75, 3.05) is 13.2 Å². The van der Waals surface area contributed by atoms with Gasteiger partial charge >= 0.3 is 0 Å². The number of nitrogens with two attached hydrogens (primary N) is 1. The Morgan fingerprint density at radius 3 is 2.81 bits per heavy atom. The summed E-state index contributed by atoms with van der Waals surface area (Å²) in [6, 6.07) is 6.00. The van der Waals surface area contributed by atoms with Crippen molar-refractivity contribution in [1.29, 1.82) is 0 Å². The molecule has 1 saturated heterocycles. The average Bonchev–Trinajstić information content (AvgIpc) is 2.73. The molecular formula is C14H20N2O3S2. The number of aliphatic hydroxyl groups excluding tert-OH is 1. The van der Waals surface area contributed by atoms with Crippen molar-refractivity contribution in [3.8, 4) is 0 Å². The molecule has 5 nitrogen and oxygen atoms in total. The number of thiocarbonyl (C=S) groups is 1. The molecule has 1 unspecified atom stereocenters. The highest BCUT2D eigenvalue weighted by molar-refractivity contribution is 7.89. The molecule has 2 rings (SSSR count). The van der Waals surface area contributed by atoms with Crippen molar-refractivity contribution in [3.05, 3.63) is 29.8 Å². The molecule has 3 N–H and O–H groups in total. The molecule has 1 fully saturated rings. The number of hydrogen-bond acceptors (Lipinski definition) is 4. The lowest BCUT2D eigenvalue weighted by Gasteiger charge is -2.27. The smallest absolute Gasteiger partial charge is 0.243 e. The molecule has 116 valence electrons. The summed E-state index contributed by atoms with van der Waals surface area (Å²) in [6.07, 6.45) is 3.41. The third-order valence-electron chi connectivity index (χ3n) is 3.76. The van der Waals surface area contributed by atoms with Crippen molar-refractivity contribution in [2.24, 2.45) is 5.73 Å². The first-order chi connectivity index (χ1) is 9.96. The lowest BCUT2D eigenvalue weighted by molar-refractivity contribution is 0.186. The largest absolute Gasteiger partial charge is 0.395 e. The second-order valence-electron chi connectivity index (χ2n) is 5.19. The highest BCUT2D eigenvalue weighted by Crippen LogP contribution is 2.25. The zero-order valence-electron chi connectivity index (χ0n) is 11.7. The van der Waals surface area contributed by atoms with E-state index in [0.29, 0.717) is 18.5 Å². The number of sulfonamides is 1. The van der Waals surface area contributed by atoms with Gasteiger partial charge in [-0.15, -0.1) is 0 Å². The SMILES string of the molecule is NC(=S)c1cccc(S(=O)(=O)N2CCCCCC2CO)c1. The minimum absolute atomic E-state index is 0.159. The maximum absolute atomic E-state index is 12.8. The molecule has 0 radical (unpaired) electrons. The molecule has 1 aromatic carbocycles. The normalized spacial score (nSPS) is 20.9. The topological polar surface area (TPSA) is 83.6 Å². The molecule has 0 spiro atoms. The van der Waals surface area contributed by atoms with Crippen LogP contribution in [-0.2, 0) is 10.0 Å². The Morgan fingerprint density at radius 2 is 2.14 bits per heavy atom. The first-order valence-corrected chi connectivity index (χ1v) is 8.84. The second-order valence-corrected chi connectivity index (χ2v) is 7.52. The Labute approximate surface area is 130 Å². The molecule has 1 aliphatic heterocycles. The van der Waals surface area contributed by atoms with Crippen LogP contribution in [0.5, 0.6) is 0 Å². The van der Waals surface area contributed by atoms with Crippen LogP contribution in [-0.4, -0.2) is 42.0 Å². The van der Waals surface area contributed by atoms with E-state index in [2.05, 4.69) is 0 Å². The molecule has 1 aliphatic rings. The molecule has 21 heavy (non-hydrogen) atoms. The molecular weight excluding hydrogens is 308 g/mol. The van der Waals surface area contributed by atoms with E-state index in [9.17, 15) is 13.5 Å². The van der Waals surface area contributed by atoms with Crippen LogP contribution in [0.2, 0.25) is 0 Å². The van der Waals surface area contributed by atoms with E-state index in [0.717, 1.165) is 19.3 Å². The average molecular weight is 328 g/mol. The Kier molecular flexibility index (Phi) is 5.32. The van der Waals surface area contributed by atoms with Gasteiger partial charge in [0.05, 0.1) is 11.5 Å². The quantitative estimate of drug-likeness (QED) is 0.813. The van der Waals surface area contributed by atoms with Gasteiger partial charge in [-0.25, -0.2) is 8.42 Å². The number of aliphatic hydroxyl groups is 1. The first-order valence-electron chi connectivity index (χ1n) is 6.99. The second kappa shape index (κ2) is 6.83. The molecule has 0 saturated carbocycles.